The molecule has 0 saturated carbocycles. The molecule has 1 saturated heterocycles. The number of hydrogen-bond donors (Lipinski definition) is 1. The molecule has 17 heavy (non-hydrogen) atoms. The lowest BCUT2D eigenvalue weighted by Gasteiger charge is -2.36. The average molecular weight is 235 g/mol. The van der Waals surface area contributed by atoms with Gasteiger partial charge in [-0.05, 0) is 12.5 Å². The summed E-state index contributed by atoms with van der Waals surface area (Å²) in [4.78, 5) is 23.3. The number of hydrogen-bond acceptors (Lipinski definition) is 4. The minimum atomic E-state index is -0.414. The molecule has 0 radical (unpaired) electrons. The standard InChI is InChI=1S/C11H13N3O3/c1-7-8(3-2-4-10(7)14(16)17)5-13-6-9(12)11(13)15/h2-4,9H,5-6,12H2,1H3. The highest BCUT2D eigenvalue weighted by atomic mass is 16.6. The van der Waals surface area contributed by atoms with Crippen molar-refractivity contribution in [3.8, 4) is 0 Å². The number of likely N-dealkylation sites (tertiary alicyclic amines) is 1. The van der Waals surface area contributed by atoms with Gasteiger partial charge in [-0.2, -0.15) is 0 Å². The van der Waals surface area contributed by atoms with Gasteiger partial charge in [-0.25, -0.2) is 0 Å². The van der Waals surface area contributed by atoms with E-state index in [1.54, 1.807) is 24.0 Å². The lowest BCUT2D eigenvalue weighted by molar-refractivity contribution is -0.385. The molecule has 1 atom stereocenters. The number of benzene rings is 1. The Labute approximate surface area is 98.2 Å². The van der Waals surface area contributed by atoms with Gasteiger partial charge in [-0.1, -0.05) is 12.1 Å². The molecule has 6 heteroatoms. The smallest absolute Gasteiger partial charge is 0.272 e. The molecular formula is C11H13N3O3. The van der Waals surface area contributed by atoms with Gasteiger partial charge >= 0.3 is 0 Å². The fourth-order valence-electron chi connectivity index (χ4n) is 1.91. The number of nitrogens with two attached hydrogens (primary N) is 1. The van der Waals surface area contributed by atoms with Crippen molar-refractivity contribution in [1.29, 1.82) is 0 Å². The summed E-state index contributed by atoms with van der Waals surface area (Å²) in [6.45, 7) is 2.60. The number of nitro groups is 1. The van der Waals surface area contributed by atoms with Gasteiger partial charge in [0.2, 0.25) is 5.91 Å². The van der Waals surface area contributed by atoms with Gasteiger partial charge in [0.05, 0.1) is 4.92 Å². The lowest BCUT2D eigenvalue weighted by atomic mass is 10.0. The molecule has 1 amide bonds. The van der Waals surface area contributed by atoms with Crippen LogP contribution in [-0.2, 0) is 11.3 Å². The number of carbonyl (C=O) groups is 1. The molecule has 6 nitrogen and oxygen atoms in total. The Kier molecular flexibility index (Phi) is 2.81. The number of nitro benzene ring substituents is 1. The summed E-state index contributed by atoms with van der Waals surface area (Å²) in [5.41, 5.74) is 6.96. The van der Waals surface area contributed by atoms with E-state index in [9.17, 15) is 14.9 Å². The van der Waals surface area contributed by atoms with E-state index in [1.165, 1.54) is 6.07 Å². The molecule has 1 aliphatic rings. The van der Waals surface area contributed by atoms with E-state index < -0.39 is 11.0 Å². The molecule has 1 aliphatic heterocycles. The van der Waals surface area contributed by atoms with Crippen LogP contribution < -0.4 is 5.73 Å². The molecule has 90 valence electrons. The zero-order valence-electron chi connectivity index (χ0n) is 9.42. The molecule has 0 aromatic heterocycles. The maximum absolute atomic E-state index is 11.4. The molecule has 1 fully saturated rings. The van der Waals surface area contributed by atoms with E-state index in [1.807, 2.05) is 0 Å². The molecule has 0 bridgehead atoms. The Morgan fingerprint density at radius 3 is 2.82 bits per heavy atom. The van der Waals surface area contributed by atoms with Crippen LogP contribution in [0.15, 0.2) is 18.2 Å². The second kappa shape index (κ2) is 4.14. The van der Waals surface area contributed by atoms with Crippen molar-refractivity contribution in [1.82, 2.24) is 4.90 Å². The quantitative estimate of drug-likeness (QED) is 0.471. The first kappa shape index (κ1) is 11.5. The summed E-state index contributed by atoms with van der Waals surface area (Å²) >= 11 is 0. The number of rotatable bonds is 3. The van der Waals surface area contributed by atoms with Gasteiger partial charge in [-0.15, -0.1) is 0 Å². The molecule has 0 aliphatic carbocycles. The second-order valence-corrected chi connectivity index (χ2v) is 4.14. The third-order valence-electron chi connectivity index (χ3n) is 3.02. The SMILES string of the molecule is Cc1c(CN2CC(N)C2=O)cccc1[N+](=O)[O-]. The summed E-state index contributed by atoms with van der Waals surface area (Å²) in [5, 5.41) is 10.8. The highest BCUT2D eigenvalue weighted by molar-refractivity contribution is 5.87. The maximum Gasteiger partial charge on any atom is 0.272 e. The van der Waals surface area contributed by atoms with Crippen molar-refractivity contribution in [3.05, 3.63) is 39.4 Å². The van der Waals surface area contributed by atoms with Gasteiger partial charge in [0, 0.05) is 24.7 Å². The monoisotopic (exact) mass is 235 g/mol. The zero-order chi connectivity index (χ0) is 12.6. The number of β-lactam (4-membered cyclic amide) rings is 1. The fraction of sp³-hybridized carbons (Fsp3) is 0.364. The molecule has 2 N–H and O–H groups in total. The molecule has 0 spiro atoms. The molecule has 1 aromatic rings. The Morgan fingerprint density at radius 1 is 1.59 bits per heavy atom. The first-order valence-electron chi connectivity index (χ1n) is 5.28. The van der Waals surface area contributed by atoms with Gasteiger partial charge in [0.1, 0.15) is 6.04 Å². The summed E-state index contributed by atoms with van der Waals surface area (Å²) in [5.74, 6) is -0.101. The van der Waals surface area contributed by atoms with Crippen molar-refractivity contribution in [2.75, 3.05) is 6.54 Å². The predicted molar refractivity (Wildman–Crippen MR) is 61.2 cm³/mol. The predicted octanol–water partition coefficient (Wildman–Crippen LogP) is 0.573. The third kappa shape index (κ3) is 1.99. The van der Waals surface area contributed by atoms with E-state index >= 15 is 0 Å². The zero-order valence-corrected chi connectivity index (χ0v) is 9.42. The summed E-state index contributed by atoms with van der Waals surface area (Å²) in [6.07, 6.45) is 0. The lowest BCUT2D eigenvalue weighted by Crippen LogP contribution is -2.60. The van der Waals surface area contributed by atoms with Crippen LogP contribution in [0.25, 0.3) is 0 Å². The minimum Gasteiger partial charge on any atom is -0.335 e. The van der Waals surface area contributed by atoms with E-state index in [0.717, 1.165) is 5.56 Å². The summed E-state index contributed by atoms with van der Waals surface area (Å²) in [6, 6.07) is 4.47. The van der Waals surface area contributed by atoms with Crippen molar-refractivity contribution in [3.63, 3.8) is 0 Å². The van der Waals surface area contributed by atoms with Crippen LogP contribution in [0.4, 0.5) is 5.69 Å². The molecule has 1 unspecified atom stereocenters. The third-order valence-corrected chi connectivity index (χ3v) is 3.02. The topological polar surface area (TPSA) is 89.5 Å². The van der Waals surface area contributed by atoms with Gasteiger partial charge in [0.15, 0.2) is 0 Å². The van der Waals surface area contributed by atoms with Crippen LogP contribution in [0.3, 0.4) is 0 Å². The first-order valence-corrected chi connectivity index (χ1v) is 5.28. The number of nitrogens with zero attached hydrogens (tertiary/aromatic N) is 2. The largest absolute Gasteiger partial charge is 0.335 e. The highest BCUT2D eigenvalue weighted by Gasteiger charge is 2.33. The fourth-order valence-corrected chi connectivity index (χ4v) is 1.91. The Bertz CT molecular complexity index is 487. The highest BCUT2D eigenvalue weighted by Crippen LogP contribution is 2.23. The minimum absolute atomic E-state index is 0.0831. The van der Waals surface area contributed by atoms with Crippen molar-refractivity contribution in [2.45, 2.75) is 19.5 Å². The van der Waals surface area contributed by atoms with Gasteiger partial charge in [0.25, 0.3) is 5.69 Å². The van der Waals surface area contributed by atoms with Crippen LogP contribution in [0.2, 0.25) is 0 Å². The van der Waals surface area contributed by atoms with E-state index in [-0.39, 0.29) is 11.6 Å². The van der Waals surface area contributed by atoms with Crippen molar-refractivity contribution < 1.29 is 9.72 Å². The summed E-state index contributed by atoms with van der Waals surface area (Å²) in [7, 11) is 0. The van der Waals surface area contributed by atoms with Gasteiger partial charge < -0.3 is 10.6 Å². The van der Waals surface area contributed by atoms with E-state index in [4.69, 9.17) is 5.73 Å². The van der Waals surface area contributed by atoms with Crippen molar-refractivity contribution >= 4 is 11.6 Å². The van der Waals surface area contributed by atoms with Crippen LogP contribution in [0.1, 0.15) is 11.1 Å². The Hall–Kier alpha value is -1.95. The second-order valence-electron chi connectivity index (χ2n) is 4.14. The molecule has 2 rings (SSSR count). The molecule has 1 aromatic carbocycles. The molecule has 1 heterocycles. The van der Waals surface area contributed by atoms with Gasteiger partial charge in [-0.3, -0.25) is 14.9 Å². The van der Waals surface area contributed by atoms with Crippen LogP contribution in [0, 0.1) is 17.0 Å². The Morgan fingerprint density at radius 2 is 2.29 bits per heavy atom. The number of carbonyl (C=O) groups excluding carboxylic acids is 1. The first-order chi connectivity index (χ1) is 8.00. The van der Waals surface area contributed by atoms with Crippen LogP contribution >= 0.6 is 0 Å². The Balaban J connectivity index is 2.20. The van der Waals surface area contributed by atoms with E-state index in [0.29, 0.717) is 18.7 Å². The van der Waals surface area contributed by atoms with Crippen LogP contribution in [-0.4, -0.2) is 28.3 Å². The van der Waals surface area contributed by atoms with Crippen molar-refractivity contribution in [2.24, 2.45) is 5.73 Å². The maximum atomic E-state index is 11.4. The average Bonchev–Trinajstić information content (AvgIpc) is 2.30. The van der Waals surface area contributed by atoms with E-state index in [2.05, 4.69) is 0 Å². The normalized spacial score (nSPS) is 19.1. The molecular weight excluding hydrogens is 222 g/mol. The number of amides is 1. The summed E-state index contributed by atoms with van der Waals surface area (Å²) < 4.78 is 0. The van der Waals surface area contributed by atoms with Crippen LogP contribution in [0.5, 0.6) is 0 Å².